The molecule has 476 valence electrons. The highest BCUT2D eigenvalue weighted by atomic mass is 16.6. The van der Waals surface area contributed by atoms with Gasteiger partial charge >= 0.3 is 17.9 Å². The number of carbonyl (C=O) groups excluding carboxylic acids is 3. The Hall–Kier alpha value is -3.93. The van der Waals surface area contributed by atoms with Crippen LogP contribution in [0.4, 0.5) is 0 Å². The van der Waals surface area contributed by atoms with Crippen molar-refractivity contribution < 1.29 is 28.6 Å². The summed E-state index contributed by atoms with van der Waals surface area (Å²) in [5, 5.41) is 0. The molecule has 0 saturated carbocycles. The third-order valence-electron chi connectivity index (χ3n) is 15.2. The van der Waals surface area contributed by atoms with E-state index in [2.05, 4.69) is 130 Å². The van der Waals surface area contributed by atoms with E-state index in [0.29, 0.717) is 19.3 Å². The molecule has 0 spiro atoms. The highest BCUT2D eigenvalue weighted by molar-refractivity contribution is 5.71. The normalized spacial score (nSPS) is 12.8. The quantitative estimate of drug-likeness (QED) is 0.0261. The summed E-state index contributed by atoms with van der Waals surface area (Å²) in [5.41, 5.74) is 0. The van der Waals surface area contributed by atoms with Gasteiger partial charge in [-0.15, -0.1) is 0 Å². The monoisotopic (exact) mass is 1150 g/mol. The van der Waals surface area contributed by atoms with Gasteiger partial charge in [0.15, 0.2) is 6.10 Å². The summed E-state index contributed by atoms with van der Waals surface area (Å²) in [6.45, 7) is 6.43. The van der Waals surface area contributed by atoms with Crippen molar-refractivity contribution in [3.05, 3.63) is 109 Å². The smallest absolute Gasteiger partial charge is 0.306 e. The lowest BCUT2D eigenvalue weighted by atomic mass is 10.0. The largest absolute Gasteiger partial charge is 0.462 e. The zero-order valence-electron chi connectivity index (χ0n) is 54.7. The first-order valence-electron chi connectivity index (χ1n) is 35.4. The molecule has 0 amide bonds. The van der Waals surface area contributed by atoms with Crippen LogP contribution in [0.2, 0.25) is 0 Å². The van der Waals surface area contributed by atoms with E-state index in [0.717, 1.165) is 122 Å². The molecule has 0 fully saturated rings. The molecule has 0 radical (unpaired) electrons. The lowest BCUT2D eigenvalue weighted by Gasteiger charge is -2.18. The molecule has 0 heterocycles. The molecule has 0 aromatic rings. The minimum Gasteiger partial charge on any atom is -0.462 e. The fourth-order valence-corrected chi connectivity index (χ4v) is 10.0. The summed E-state index contributed by atoms with van der Waals surface area (Å²) < 4.78 is 17.0. The molecule has 0 aromatic heterocycles. The fraction of sp³-hybridized carbons (Fsp3) is 0.727. The van der Waals surface area contributed by atoms with Crippen LogP contribution in [0.5, 0.6) is 0 Å². The third kappa shape index (κ3) is 68.7. The number of allylic oxidation sites excluding steroid dienone is 18. The van der Waals surface area contributed by atoms with Crippen molar-refractivity contribution in [3.63, 3.8) is 0 Å². The van der Waals surface area contributed by atoms with Crippen LogP contribution < -0.4 is 0 Å². The van der Waals surface area contributed by atoms with Gasteiger partial charge in [-0.3, -0.25) is 14.4 Å². The van der Waals surface area contributed by atoms with Crippen molar-refractivity contribution in [2.45, 2.75) is 348 Å². The van der Waals surface area contributed by atoms with E-state index < -0.39 is 6.10 Å². The molecular weight excluding hydrogens is 1020 g/mol. The molecule has 0 aromatic carbocycles. The summed E-state index contributed by atoms with van der Waals surface area (Å²) in [7, 11) is 0. The van der Waals surface area contributed by atoms with Crippen molar-refractivity contribution in [2.75, 3.05) is 13.2 Å². The van der Waals surface area contributed by atoms with Crippen molar-refractivity contribution in [1.29, 1.82) is 0 Å². The van der Waals surface area contributed by atoms with Gasteiger partial charge in [-0.05, 0) is 122 Å². The lowest BCUT2D eigenvalue weighted by molar-refractivity contribution is -0.167. The van der Waals surface area contributed by atoms with Gasteiger partial charge in [-0.2, -0.15) is 0 Å². The van der Waals surface area contributed by atoms with Crippen LogP contribution in [0, 0.1) is 0 Å². The van der Waals surface area contributed by atoms with Crippen LogP contribution >= 0.6 is 0 Å². The number of rotatable bonds is 64. The van der Waals surface area contributed by atoms with Gasteiger partial charge in [0.05, 0.1) is 0 Å². The molecule has 6 nitrogen and oxygen atoms in total. The standard InChI is InChI=1S/C77H132O6/c1-4-7-10-13-16-19-22-25-28-31-33-35-37-38-40-41-43-46-49-52-55-58-61-64-67-70-76(79)82-73-74(72-81-75(78)69-66-63-60-57-54-51-48-45-30-27-24-21-18-15-12-9-6-3)83-77(80)71-68-65-62-59-56-53-50-47-44-42-39-36-34-32-29-26-23-20-17-14-11-8-5-2/h8-9,11-12,17-18,20-21,26-27,29-31,33-34,36,48,51,74H,4-7,10,13-16,19,22-25,28,32,35,37-47,49-50,52-73H2,1-3H3/b11-8-,12-9-,20-17-,21-18-,29-26-,30-27-,33-31-,36-34-,51-48-. The average molecular weight is 1150 g/mol. The lowest BCUT2D eigenvalue weighted by Crippen LogP contribution is -2.30. The molecule has 0 aliphatic rings. The average Bonchev–Trinajstić information content (AvgIpc) is 3.49. The summed E-state index contributed by atoms with van der Waals surface area (Å²) >= 11 is 0. The highest BCUT2D eigenvalue weighted by Crippen LogP contribution is 2.17. The van der Waals surface area contributed by atoms with Crippen LogP contribution in [0.1, 0.15) is 342 Å². The number of hydrogen-bond acceptors (Lipinski definition) is 6. The zero-order valence-corrected chi connectivity index (χ0v) is 54.7. The number of esters is 3. The fourth-order valence-electron chi connectivity index (χ4n) is 10.0. The number of hydrogen-bond donors (Lipinski definition) is 0. The Kier molecular flexibility index (Phi) is 67.2. The summed E-state index contributed by atoms with van der Waals surface area (Å²) in [6, 6.07) is 0. The van der Waals surface area contributed by atoms with Gasteiger partial charge in [0, 0.05) is 19.3 Å². The Morgan fingerprint density at radius 1 is 0.253 bits per heavy atom. The molecule has 6 heteroatoms. The molecule has 0 aliphatic heterocycles. The second-order valence-corrected chi connectivity index (χ2v) is 23.4. The van der Waals surface area contributed by atoms with Crippen LogP contribution in [0.15, 0.2) is 109 Å². The van der Waals surface area contributed by atoms with E-state index >= 15 is 0 Å². The number of unbranched alkanes of at least 4 members (excludes halogenated alkanes) is 35. The second-order valence-electron chi connectivity index (χ2n) is 23.4. The highest BCUT2D eigenvalue weighted by Gasteiger charge is 2.19. The van der Waals surface area contributed by atoms with Crippen molar-refractivity contribution in [2.24, 2.45) is 0 Å². The van der Waals surface area contributed by atoms with Gasteiger partial charge < -0.3 is 14.2 Å². The van der Waals surface area contributed by atoms with Gasteiger partial charge in [0.2, 0.25) is 0 Å². The Bertz CT molecular complexity index is 1660. The molecule has 0 rings (SSSR count). The number of carbonyl (C=O) groups is 3. The van der Waals surface area contributed by atoms with E-state index in [1.807, 2.05) is 0 Å². The molecule has 1 atom stereocenters. The van der Waals surface area contributed by atoms with E-state index in [1.54, 1.807) is 0 Å². The molecule has 0 N–H and O–H groups in total. The molecule has 1 unspecified atom stereocenters. The van der Waals surface area contributed by atoms with Gasteiger partial charge in [0.1, 0.15) is 13.2 Å². The third-order valence-corrected chi connectivity index (χ3v) is 15.2. The Morgan fingerprint density at radius 2 is 0.470 bits per heavy atom. The maximum Gasteiger partial charge on any atom is 0.306 e. The Balaban J connectivity index is 4.37. The predicted octanol–water partition coefficient (Wildman–Crippen LogP) is 24.6. The van der Waals surface area contributed by atoms with Gasteiger partial charge in [0.25, 0.3) is 0 Å². The van der Waals surface area contributed by atoms with E-state index in [-0.39, 0.29) is 31.1 Å². The minimum absolute atomic E-state index is 0.0869. The Labute approximate surface area is 514 Å². The SMILES string of the molecule is CC/C=C\C/C=C\C/C=C\C/C=C\CCCCCCCCCCCCC(=O)OC(COC(=O)CCCCCC/C=C\C/C=C\C/C=C\C/C=C\CC)COC(=O)CCCCCCCCCCCCCCC/C=C\CCCCCCCCCC. The molecular formula is C77H132O6. The van der Waals surface area contributed by atoms with Crippen LogP contribution in [0.3, 0.4) is 0 Å². The van der Waals surface area contributed by atoms with Gasteiger partial charge in [-0.1, -0.05) is 310 Å². The molecule has 0 aliphatic carbocycles. The van der Waals surface area contributed by atoms with E-state index in [4.69, 9.17) is 14.2 Å². The van der Waals surface area contributed by atoms with Crippen molar-refractivity contribution in [3.8, 4) is 0 Å². The second kappa shape index (κ2) is 70.6. The maximum atomic E-state index is 13.0. The van der Waals surface area contributed by atoms with Crippen molar-refractivity contribution in [1.82, 2.24) is 0 Å². The first kappa shape index (κ1) is 79.1. The maximum absolute atomic E-state index is 13.0. The molecule has 0 bridgehead atoms. The van der Waals surface area contributed by atoms with Crippen molar-refractivity contribution >= 4 is 17.9 Å². The zero-order chi connectivity index (χ0) is 59.9. The Morgan fingerprint density at radius 3 is 0.747 bits per heavy atom. The minimum atomic E-state index is -0.795. The van der Waals surface area contributed by atoms with Crippen LogP contribution in [0.25, 0.3) is 0 Å². The first-order chi connectivity index (χ1) is 41.0. The van der Waals surface area contributed by atoms with Gasteiger partial charge in [-0.25, -0.2) is 0 Å². The van der Waals surface area contributed by atoms with Crippen LogP contribution in [-0.4, -0.2) is 37.2 Å². The van der Waals surface area contributed by atoms with E-state index in [9.17, 15) is 14.4 Å². The first-order valence-corrected chi connectivity index (χ1v) is 35.4. The molecule has 0 saturated heterocycles. The predicted molar refractivity (Wildman–Crippen MR) is 362 cm³/mol. The topological polar surface area (TPSA) is 78.9 Å². The number of ether oxygens (including phenoxy) is 3. The molecule has 83 heavy (non-hydrogen) atoms. The van der Waals surface area contributed by atoms with E-state index in [1.165, 1.54) is 180 Å². The summed E-state index contributed by atoms with van der Waals surface area (Å²) in [6.07, 6.45) is 96.8. The van der Waals surface area contributed by atoms with Crippen LogP contribution in [-0.2, 0) is 28.6 Å². The summed E-state index contributed by atoms with van der Waals surface area (Å²) in [5.74, 6) is -0.902. The summed E-state index contributed by atoms with van der Waals surface area (Å²) in [4.78, 5) is 38.5.